The van der Waals surface area contributed by atoms with E-state index in [0.29, 0.717) is 6.61 Å². The van der Waals surface area contributed by atoms with Gasteiger partial charge in [0.1, 0.15) is 10.8 Å². The van der Waals surface area contributed by atoms with Crippen molar-refractivity contribution in [3.63, 3.8) is 0 Å². The Hall–Kier alpha value is -2.73. The maximum atomic E-state index is 12.3. The summed E-state index contributed by atoms with van der Waals surface area (Å²) in [5, 5.41) is 5.77. The highest BCUT2D eigenvalue weighted by atomic mass is 32.1. The van der Waals surface area contributed by atoms with Gasteiger partial charge in [0.2, 0.25) is 5.91 Å². The van der Waals surface area contributed by atoms with Crippen LogP contribution in [0.4, 0.5) is 0 Å². The van der Waals surface area contributed by atoms with Crippen molar-refractivity contribution in [2.24, 2.45) is 0 Å². The van der Waals surface area contributed by atoms with Gasteiger partial charge in [0.25, 0.3) is 0 Å². The van der Waals surface area contributed by atoms with Crippen LogP contribution in [0, 0.1) is 0 Å². The topological polar surface area (TPSA) is 64.1 Å². The second-order valence-electron chi connectivity index (χ2n) is 5.83. The first-order valence-electron chi connectivity index (χ1n) is 8.53. The van der Waals surface area contributed by atoms with Crippen LogP contribution >= 0.6 is 11.3 Å². The van der Waals surface area contributed by atoms with E-state index >= 15 is 0 Å². The highest BCUT2D eigenvalue weighted by Gasteiger charge is 2.14. The van der Waals surface area contributed by atoms with Crippen molar-refractivity contribution >= 4 is 17.2 Å². The molecule has 26 heavy (non-hydrogen) atoms. The van der Waals surface area contributed by atoms with E-state index in [0.717, 1.165) is 27.6 Å². The molecule has 2 heterocycles. The first-order chi connectivity index (χ1) is 12.7. The minimum atomic E-state index is -0.0898. The van der Waals surface area contributed by atoms with Gasteiger partial charge in [-0.25, -0.2) is 4.98 Å². The van der Waals surface area contributed by atoms with E-state index in [9.17, 15) is 4.79 Å². The van der Waals surface area contributed by atoms with Crippen LogP contribution in [0.25, 0.3) is 10.6 Å². The van der Waals surface area contributed by atoms with Crippen LogP contribution in [0.5, 0.6) is 5.75 Å². The Bertz CT molecular complexity index is 864. The second kappa shape index (κ2) is 8.58. The molecular weight excluding hydrogens is 346 g/mol. The largest absolute Gasteiger partial charge is 0.493 e. The van der Waals surface area contributed by atoms with Gasteiger partial charge in [-0.05, 0) is 37.6 Å². The summed E-state index contributed by atoms with van der Waals surface area (Å²) in [6.07, 6.45) is 3.73. The van der Waals surface area contributed by atoms with Gasteiger partial charge in [-0.3, -0.25) is 9.78 Å². The zero-order chi connectivity index (χ0) is 18.4. The predicted octanol–water partition coefficient (Wildman–Crippen LogP) is 4.02. The lowest BCUT2D eigenvalue weighted by molar-refractivity contribution is -0.121. The average Bonchev–Trinajstić information content (AvgIpc) is 3.11. The number of thiazole rings is 1. The maximum Gasteiger partial charge on any atom is 0.226 e. The number of amides is 1. The molecule has 1 N–H and O–H groups in total. The maximum absolute atomic E-state index is 12.3. The Balaban J connectivity index is 1.66. The van der Waals surface area contributed by atoms with Crippen molar-refractivity contribution in [1.82, 2.24) is 15.3 Å². The molecule has 0 radical (unpaired) electrons. The number of carbonyl (C=O) groups is 1. The number of ether oxygens (including phenoxy) is 1. The Kier molecular flexibility index (Phi) is 5.96. The Labute approximate surface area is 157 Å². The molecule has 0 aliphatic carbocycles. The summed E-state index contributed by atoms with van der Waals surface area (Å²) in [7, 11) is 0. The lowest BCUT2D eigenvalue weighted by atomic mass is 10.1. The van der Waals surface area contributed by atoms with E-state index < -0.39 is 0 Å². The van der Waals surface area contributed by atoms with Crippen LogP contribution in [0.2, 0.25) is 0 Å². The summed E-state index contributed by atoms with van der Waals surface area (Å²) in [6, 6.07) is 11.5. The summed E-state index contributed by atoms with van der Waals surface area (Å²) in [6.45, 7) is 4.50. The van der Waals surface area contributed by atoms with Crippen molar-refractivity contribution < 1.29 is 9.53 Å². The molecule has 1 amide bonds. The molecule has 6 heteroatoms. The third-order valence-corrected chi connectivity index (χ3v) is 4.80. The number of benzene rings is 1. The number of nitrogens with zero attached hydrogens (tertiary/aromatic N) is 2. The van der Waals surface area contributed by atoms with E-state index in [1.54, 1.807) is 12.4 Å². The zero-order valence-electron chi connectivity index (χ0n) is 14.8. The van der Waals surface area contributed by atoms with Gasteiger partial charge < -0.3 is 10.1 Å². The van der Waals surface area contributed by atoms with Gasteiger partial charge in [-0.1, -0.05) is 18.2 Å². The van der Waals surface area contributed by atoms with E-state index in [-0.39, 0.29) is 18.4 Å². The fourth-order valence-corrected chi connectivity index (χ4v) is 3.46. The van der Waals surface area contributed by atoms with Crippen molar-refractivity contribution in [3.8, 4) is 16.3 Å². The summed E-state index contributed by atoms with van der Waals surface area (Å²) in [5.74, 6) is 0.752. The van der Waals surface area contributed by atoms with Gasteiger partial charge >= 0.3 is 0 Å². The molecule has 0 unspecified atom stereocenters. The number of nitrogens with one attached hydrogen (secondary N) is 1. The minimum absolute atomic E-state index is 0.0590. The number of rotatable bonds is 7. The first kappa shape index (κ1) is 18.1. The molecule has 0 saturated carbocycles. The van der Waals surface area contributed by atoms with Gasteiger partial charge in [-0.15, -0.1) is 11.3 Å². The number of carbonyl (C=O) groups excluding carboxylic acids is 1. The molecule has 0 fully saturated rings. The number of hydrogen-bond acceptors (Lipinski definition) is 5. The molecule has 134 valence electrons. The van der Waals surface area contributed by atoms with E-state index in [1.165, 1.54) is 11.3 Å². The average molecular weight is 367 g/mol. The Morgan fingerprint density at radius 2 is 2.12 bits per heavy atom. The summed E-state index contributed by atoms with van der Waals surface area (Å²) >= 11 is 1.52. The molecular formula is C20H21N3O2S. The highest BCUT2D eigenvalue weighted by molar-refractivity contribution is 7.13. The molecule has 0 aliphatic rings. The Morgan fingerprint density at radius 3 is 2.88 bits per heavy atom. The number of aromatic nitrogens is 2. The zero-order valence-corrected chi connectivity index (χ0v) is 15.6. The minimum Gasteiger partial charge on any atom is -0.493 e. The van der Waals surface area contributed by atoms with Crippen LogP contribution in [-0.2, 0) is 11.2 Å². The molecule has 3 rings (SSSR count). The van der Waals surface area contributed by atoms with Gasteiger partial charge in [0.05, 0.1) is 30.3 Å². The van der Waals surface area contributed by atoms with Gasteiger partial charge in [0, 0.05) is 17.8 Å². The standard InChI is InChI=1S/C20H21N3O2S/c1-3-25-18-9-5-4-8-17(18)20-23-16(13-26-20)11-19(24)22-14(2)15-7-6-10-21-12-15/h4-10,12-14H,3,11H2,1-2H3,(H,22,24)/t14-/m1/s1. The number of para-hydroxylation sites is 1. The molecule has 1 aromatic carbocycles. The highest BCUT2D eigenvalue weighted by Crippen LogP contribution is 2.32. The molecule has 0 spiro atoms. The second-order valence-corrected chi connectivity index (χ2v) is 6.68. The SMILES string of the molecule is CCOc1ccccc1-c1nc(CC(=O)N[C@H](C)c2cccnc2)cs1. The fraction of sp³-hybridized carbons (Fsp3) is 0.250. The predicted molar refractivity (Wildman–Crippen MR) is 103 cm³/mol. The smallest absolute Gasteiger partial charge is 0.226 e. The van der Waals surface area contributed by atoms with Crippen molar-refractivity contribution in [2.75, 3.05) is 6.61 Å². The Morgan fingerprint density at radius 1 is 1.27 bits per heavy atom. The fourth-order valence-electron chi connectivity index (χ4n) is 2.61. The quantitative estimate of drug-likeness (QED) is 0.685. The summed E-state index contributed by atoms with van der Waals surface area (Å²) in [5.41, 5.74) is 2.69. The van der Waals surface area contributed by atoms with Crippen molar-refractivity contribution in [1.29, 1.82) is 0 Å². The summed E-state index contributed by atoms with van der Waals surface area (Å²) in [4.78, 5) is 21.0. The van der Waals surface area contributed by atoms with Crippen LogP contribution in [0.1, 0.15) is 31.1 Å². The van der Waals surface area contributed by atoms with Gasteiger partial charge in [0.15, 0.2) is 0 Å². The third-order valence-electron chi connectivity index (χ3n) is 3.87. The summed E-state index contributed by atoms with van der Waals surface area (Å²) < 4.78 is 5.66. The molecule has 0 bridgehead atoms. The van der Waals surface area contributed by atoms with Crippen molar-refractivity contribution in [3.05, 3.63) is 65.4 Å². The molecule has 3 aromatic rings. The molecule has 1 atom stereocenters. The molecule has 2 aromatic heterocycles. The van der Waals surface area contributed by atoms with Gasteiger partial charge in [-0.2, -0.15) is 0 Å². The lowest BCUT2D eigenvalue weighted by Gasteiger charge is -2.13. The van der Waals surface area contributed by atoms with E-state index in [4.69, 9.17) is 4.74 Å². The van der Waals surface area contributed by atoms with Crippen molar-refractivity contribution in [2.45, 2.75) is 26.3 Å². The normalized spacial score (nSPS) is 11.8. The first-order valence-corrected chi connectivity index (χ1v) is 9.41. The van der Waals surface area contributed by atoms with E-state index in [2.05, 4.69) is 15.3 Å². The number of pyridine rings is 1. The van der Waals surface area contributed by atoms with Crippen LogP contribution < -0.4 is 10.1 Å². The van der Waals surface area contributed by atoms with E-state index in [1.807, 2.05) is 55.6 Å². The third kappa shape index (κ3) is 4.46. The number of hydrogen-bond donors (Lipinski definition) is 1. The van der Waals surface area contributed by atoms with Crippen LogP contribution in [0.15, 0.2) is 54.2 Å². The molecule has 0 aliphatic heterocycles. The molecule has 0 saturated heterocycles. The molecule has 5 nitrogen and oxygen atoms in total. The monoisotopic (exact) mass is 367 g/mol. The van der Waals surface area contributed by atoms with Crippen LogP contribution in [-0.4, -0.2) is 22.5 Å². The van der Waals surface area contributed by atoms with Crippen LogP contribution in [0.3, 0.4) is 0 Å². The lowest BCUT2D eigenvalue weighted by Crippen LogP contribution is -2.28.